The second-order valence-electron chi connectivity index (χ2n) is 6.91. The molecule has 1 unspecified atom stereocenters. The molecule has 0 radical (unpaired) electrons. The molecule has 1 saturated heterocycles. The van der Waals surface area contributed by atoms with Gasteiger partial charge in [0.05, 0.1) is 20.3 Å². The van der Waals surface area contributed by atoms with Crippen LogP contribution in [-0.2, 0) is 4.79 Å². The van der Waals surface area contributed by atoms with E-state index in [0.29, 0.717) is 0 Å². The third-order valence-corrected chi connectivity index (χ3v) is 5.07. The Hall–Kier alpha value is -2.69. The predicted octanol–water partition coefficient (Wildman–Crippen LogP) is 4.06. The van der Waals surface area contributed by atoms with E-state index in [0.717, 1.165) is 53.3 Å². The molecule has 27 heavy (non-hydrogen) atoms. The molecule has 2 aromatic carbocycles. The van der Waals surface area contributed by atoms with Gasteiger partial charge in [0.2, 0.25) is 0 Å². The van der Waals surface area contributed by atoms with Gasteiger partial charge < -0.3 is 19.1 Å². The van der Waals surface area contributed by atoms with E-state index in [-0.39, 0.29) is 18.6 Å². The summed E-state index contributed by atoms with van der Waals surface area (Å²) in [6.07, 6.45) is 1.88. The molecule has 0 N–H and O–H groups in total. The van der Waals surface area contributed by atoms with Crippen LogP contribution in [0.4, 0.5) is 0 Å². The zero-order chi connectivity index (χ0) is 19.4. The molecule has 1 atom stereocenters. The number of aryl methyl sites for hydroxylation is 2. The van der Waals surface area contributed by atoms with E-state index in [1.165, 1.54) is 0 Å². The van der Waals surface area contributed by atoms with E-state index in [9.17, 15) is 4.79 Å². The Morgan fingerprint density at radius 2 is 1.89 bits per heavy atom. The minimum Gasteiger partial charge on any atom is -0.497 e. The number of hydrogen-bond acceptors (Lipinski definition) is 4. The minimum absolute atomic E-state index is 0.000521. The molecule has 1 amide bonds. The van der Waals surface area contributed by atoms with Crippen LogP contribution in [0, 0.1) is 13.8 Å². The van der Waals surface area contributed by atoms with E-state index in [4.69, 9.17) is 14.2 Å². The lowest BCUT2D eigenvalue weighted by atomic mass is 10.0. The number of hydrogen-bond donors (Lipinski definition) is 0. The van der Waals surface area contributed by atoms with Crippen LogP contribution in [0.1, 0.15) is 35.6 Å². The zero-order valence-corrected chi connectivity index (χ0v) is 16.5. The number of nitrogens with zero attached hydrogens (tertiary/aromatic N) is 1. The van der Waals surface area contributed by atoms with E-state index in [2.05, 4.69) is 0 Å². The van der Waals surface area contributed by atoms with Crippen LogP contribution < -0.4 is 14.2 Å². The van der Waals surface area contributed by atoms with Crippen LogP contribution in [0.5, 0.6) is 17.2 Å². The highest BCUT2D eigenvalue weighted by atomic mass is 16.5. The summed E-state index contributed by atoms with van der Waals surface area (Å²) in [7, 11) is 3.27. The molecule has 1 aliphatic heterocycles. The van der Waals surface area contributed by atoms with Crippen LogP contribution in [0.2, 0.25) is 0 Å². The number of amides is 1. The van der Waals surface area contributed by atoms with Crippen molar-refractivity contribution < 1.29 is 19.0 Å². The van der Waals surface area contributed by atoms with E-state index in [1.807, 2.05) is 55.1 Å². The predicted molar refractivity (Wildman–Crippen MR) is 105 cm³/mol. The molecule has 1 heterocycles. The van der Waals surface area contributed by atoms with Crippen LogP contribution in [0.3, 0.4) is 0 Å². The highest BCUT2D eigenvalue weighted by Gasteiger charge is 2.32. The fraction of sp³-hybridized carbons (Fsp3) is 0.409. The van der Waals surface area contributed by atoms with Gasteiger partial charge >= 0.3 is 0 Å². The summed E-state index contributed by atoms with van der Waals surface area (Å²) in [4.78, 5) is 14.8. The van der Waals surface area contributed by atoms with Crippen LogP contribution in [0.15, 0.2) is 36.4 Å². The Morgan fingerprint density at radius 3 is 2.63 bits per heavy atom. The lowest BCUT2D eigenvalue weighted by molar-refractivity contribution is -0.134. The van der Waals surface area contributed by atoms with E-state index < -0.39 is 0 Å². The topological polar surface area (TPSA) is 48.0 Å². The first-order chi connectivity index (χ1) is 13.0. The number of carbonyl (C=O) groups excluding carboxylic acids is 1. The second-order valence-corrected chi connectivity index (χ2v) is 6.91. The normalized spacial score (nSPS) is 16.3. The highest BCUT2D eigenvalue weighted by molar-refractivity contribution is 5.79. The molecule has 2 aromatic rings. The molecular weight excluding hydrogens is 342 g/mol. The average Bonchev–Trinajstić information content (AvgIpc) is 3.17. The maximum atomic E-state index is 12.9. The van der Waals surface area contributed by atoms with Crippen LogP contribution in [-0.4, -0.2) is 38.2 Å². The molecule has 0 saturated carbocycles. The first-order valence-corrected chi connectivity index (χ1v) is 9.25. The molecule has 0 aromatic heterocycles. The highest BCUT2D eigenvalue weighted by Crippen LogP contribution is 2.38. The minimum atomic E-state index is -0.00345. The van der Waals surface area contributed by atoms with Crippen molar-refractivity contribution in [1.82, 2.24) is 4.90 Å². The van der Waals surface area contributed by atoms with Gasteiger partial charge in [-0.1, -0.05) is 12.1 Å². The third-order valence-electron chi connectivity index (χ3n) is 5.07. The van der Waals surface area contributed by atoms with Crippen molar-refractivity contribution in [1.29, 1.82) is 0 Å². The first-order valence-electron chi connectivity index (χ1n) is 9.25. The van der Waals surface area contributed by atoms with Gasteiger partial charge in [-0.15, -0.1) is 0 Å². The van der Waals surface area contributed by atoms with Gasteiger partial charge in [0.1, 0.15) is 17.2 Å². The van der Waals surface area contributed by atoms with Gasteiger partial charge in [-0.25, -0.2) is 0 Å². The Kier molecular flexibility index (Phi) is 5.89. The fourth-order valence-electron chi connectivity index (χ4n) is 3.57. The van der Waals surface area contributed by atoms with Gasteiger partial charge in [0.15, 0.2) is 6.61 Å². The second kappa shape index (κ2) is 8.33. The maximum absolute atomic E-state index is 12.9. The van der Waals surface area contributed by atoms with Crippen molar-refractivity contribution in [3.05, 3.63) is 53.1 Å². The lowest BCUT2D eigenvalue weighted by Crippen LogP contribution is -2.34. The Bertz CT molecular complexity index is 818. The standard InChI is InChI=1S/C22H27NO4/c1-15-7-8-16(2)20(12-15)27-14-22(24)23-11-5-6-19(23)18-10-9-17(25-3)13-21(18)26-4/h7-10,12-13,19H,5-6,11,14H2,1-4H3. The van der Waals surface area contributed by atoms with Crippen molar-refractivity contribution in [3.63, 3.8) is 0 Å². The molecule has 5 heteroatoms. The summed E-state index contributed by atoms with van der Waals surface area (Å²) in [6.45, 7) is 4.77. The summed E-state index contributed by atoms with van der Waals surface area (Å²) in [5.74, 6) is 2.25. The third kappa shape index (κ3) is 4.18. The SMILES string of the molecule is COc1ccc(C2CCCN2C(=O)COc2cc(C)ccc2C)c(OC)c1. The fourth-order valence-corrected chi connectivity index (χ4v) is 3.57. The van der Waals surface area contributed by atoms with E-state index >= 15 is 0 Å². The number of ether oxygens (including phenoxy) is 3. The largest absolute Gasteiger partial charge is 0.497 e. The molecule has 1 aliphatic rings. The number of likely N-dealkylation sites (tertiary alicyclic amines) is 1. The monoisotopic (exact) mass is 369 g/mol. The molecule has 144 valence electrons. The number of carbonyl (C=O) groups is 1. The quantitative estimate of drug-likeness (QED) is 0.770. The molecule has 3 rings (SSSR count). The lowest BCUT2D eigenvalue weighted by Gasteiger charge is -2.26. The van der Waals surface area contributed by atoms with Crippen molar-refractivity contribution in [2.24, 2.45) is 0 Å². The molecule has 0 bridgehead atoms. The van der Waals surface area contributed by atoms with Crippen LogP contribution >= 0.6 is 0 Å². The van der Waals surface area contributed by atoms with Gasteiger partial charge in [0.25, 0.3) is 5.91 Å². The van der Waals surface area contributed by atoms with Gasteiger partial charge in [-0.2, -0.15) is 0 Å². The molecule has 5 nitrogen and oxygen atoms in total. The Labute approximate surface area is 160 Å². The maximum Gasteiger partial charge on any atom is 0.261 e. The summed E-state index contributed by atoms with van der Waals surface area (Å²) in [5.41, 5.74) is 3.16. The summed E-state index contributed by atoms with van der Waals surface area (Å²) in [6, 6.07) is 11.8. The molecular formula is C22H27NO4. The van der Waals surface area contributed by atoms with Crippen LogP contribution in [0.25, 0.3) is 0 Å². The number of methoxy groups -OCH3 is 2. The van der Waals surface area contributed by atoms with Gasteiger partial charge in [-0.3, -0.25) is 4.79 Å². The van der Waals surface area contributed by atoms with Gasteiger partial charge in [-0.05, 0) is 56.0 Å². The first kappa shape index (κ1) is 19.1. The smallest absolute Gasteiger partial charge is 0.261 e. The zero-order valence-electron chi connectivity index (χ0n) is 16.5. The van der Waals surface area contributed by atoms with Crippen molar-refractivity contribution in [3.8, 4) is 17.2 Å². The van der Waals surface area contributed by atoms with Crippen molar-refractivity contribution in [2.75, 3.05) is 27.4 Å². The summed E-state index contributed by atoms with van der Waals surface area (Å²) < 4.78 is 16.6. The van der Waals surface area contributed by atoms with E-state index in [1.54, 1.807) is 14.2 Å². The Morgan fingerprint density at radius 1 is 1.07 bits per heavy atom. The van der Waals surface area contributed by atoms with Crippen molar-refractivity contribution in [2.45, 2.75) is 32.7 Å². The number of rotatable bonds is 6. The summed E-state index contributed by atoms with van der Waals surface area (Å²) >= 11 is 0. The average molecular weight is 369 g/mol. The summed E-state index contributed by atoms with van der Waals surface area (Å²) in [5, 5.41) is 0. The molecule has 0 spiro atoms. The van der Waals surface area contributed by atoms with Gasteiger partial charge in [0, 0.05) is 18.2 Å². The number of benzene rings is 2. The van der Waals surface area contributed by atoms with Crippen molar-refractivity contribution >= 4 is 5.91 Å². The molecule has 1 fully saturated rings. The molecule has 0 aliphatic carbocycles. The Balaban J connectivity index is 1.74.